The maximum Gasteiger partial charge on any atom is 0.122 e. The third kappa shape index (κ3) is 2.64. The van der Waals surface area contributed by atoms with E-state index in [9.17, 15) is 0 Å². The quantitative estimate of drug-likeness (QED) is 0.862. The molecule has 0 amide bonds. The van der Waals surface area contributed by atoms with Crippen molar-refractivity contribution >= 4 is 12.4 Å². The first kappa shape index (κ1) is 12.3. The third-order valence-electron chi connectivity index (χ3n) is 3.08. The summed E-state index contributed by atoms with van der Waals surface area (Å²) < 4.78 is 5.30. The zero-order valence-electron chi connectivity index (χ0n) is 9.03. The van der Waals surface area contributed by atoms with Gasteiger partial charge in [0.05, 0.1) is 7.11 Å². The van der Waals surface area contributed by atoms with Gasteiger partial charge < -0.3 is 10.5 Å². The van der Waals surface area contributed by atoms with Crippen molar-refractivity contribution < 1.29 is 4.74 Å². The molecule has 1 aliphatic rings. The number of hydrogen-bond donors (Lipinski definition) is 1. The summed E-state index contributed by atoms with van der Waals surface area (Å²) in [6.07, 6.45) is 4.50. The monoisotopic (exact) mass is 227 g/mol. The van der Waals surface area contributed by atoms with Gasteiger partial charge in [-0.15, -0.1) is 12.4 Å². The molecule has 2 nitrogen and oxygen atoms in total. The Morgan fingerprint density at radius 2 is 2.00 bits per heavy atom. The highest BCUT2D eigenvalue weighted by atomic mass is 35.5. The number of hydrogen-bond acceptors (Lipinski definition) is 2. The van der Waals surface area contributed by atoms with Gasteiger partial charge in [-0.05, 0) is 37.3 Å². The number of nitrogens with two attached hydrogens (primary N) is 1. The smallest absolute Gasteiger partial charge is 0.122 e. The molecule has 1 aromatic rings. The van der Waals surface area contributed by atoms with E-state index in [1.165, 1.54) is 12.0 Å². The van der Waals surface area contributed by atoms with Crippen LogP contribution in [0.15, 0.2) is 24.3 Å². The van der Waals surface area contributed by atoms with E-state index < -0.39 is 0 Å². The van der Waals surface area contributed by atoms with Crippen molar-refractivity contribution in [3.05, 3.63) is 29.8 Å². The standard InChI is InChI=1S/C12H17NO.ClH/c1-14-11-6-3-2-5-10(11)9-12(13)7-4-8-12;/h2-3,5-6H,4,7-9,13H2,1H3;1H. The molecule has 1 fully saturated rings. The highest BCUT2D eigenvalue weighted by Gasteiger charge is 2.33. The zero-order valence-corrected chi connectivity index (χ0v) is 9.85. The molecule has 0 spiro atoms. The average Bonchev–Trinajstić information content (AvgIpc) is 2.16. The Kier molecular flexibility index (Phi) is 4.00. The van der Waals surface area contributed by atoms with Crippen LogP contribution in [-0.4, -0.2) is 12.6 Å². The van der Waals surface area contributed by atoms with E-state index in [-0.39, 0.29) is 17.9 Å². The summed E-state index contributed by atoms with van der Waals surface area (Å²) in [6, 6.07) is 8.13. The number of halogens is 1. The Morgan fingerprint density at radius 1 is 1.33 bits per heavy atom. The van der Waals surface area contributed by atoms with Gasteiger partial charge in [-0.3, -0.25) is 0 Å². The minimum Gasteiger partial charge on any atom is -0.496 e. The van der Waals surface area contributed by atoms with E-state index in [1.54, 1.807) is 7.11 Å². The van der Waals surface area contributed by atoms with Gasteiger partial charge in [0.2, 0.25) is 0 Å². The summed E-state index contributed by atoms with van der Waals surface area (Å²) in [5.74, 6) is 0.962. The van der Waals surface area contributed by atoms with Gasteiger partial charge in [-0.2, -0.15) is 0 Å². The molecule has 0 unspecified atom stereocenters. The van der Waals surface area contributed by atoms with Crippen LogP contribution in [0, 0.1) is 0 Å². The molecule has 1 saturated carbocycles. The van der Waals surface area contributed by atoms with Crippen molar-refractivity contribution in [2.75, 3.05) is 7.11 Å². The molecule has 15 heavy (non-hydrogen) atoms. The number of methoxy groups -OCH3 is 1. The third-order valence-corrected chi connectivity index (χ3v) is 3.08. The van der Waals surface area contributed by atoms with Gasteiger partial charge in [-0.1, -0.05) is 18.2 Å². The molecule has 0 heterocycles. The molecular formula is C12H18ClNO. The minimum atomic E-state index is 0. The SMILES string of the molecule is COc1ccccc1CC1(N)CCC1.Cl. The molecule has 1 aliphatic carbocycles. The molecule has 1 aromatic carbocycles. The van der Waals surface area contributed by atoms with Gasteiger partial charge in [0.25, 0.3) is 0 Å². The number of rotatable bonds is 3. The highest BCUT2D eigenvalue weighted by Crippen LogP contribution is 2.34. The van der Waals surface area contributed by atoms with Crippen LogP contribution < -0.4 is 10.5 Å². The Hall–Kier alpha value is -0.730. The van der Waals surface area contributed by atoms with E-state index in [4.69, 9.17) is 10.5 Å². The van der Waals surface area contributed by atoms with Gasteiger partial charge >= 0.3 is 0 Å². The Bertz CT molecular complexity index is 323. The summed E-state index contributed by atoms with van der Waals surface area (Å²) in [5.41, 5.74) is 7.47. The van der Waals surface area contributed by atoms with Crippen molar-refractivity contribution in [1.82, 2.24) is 0 Å². The van der Waals surface area contributed by atoms with Crippen LogP contribution in [0.4, 0.5) is 0 Å². The van der Waals surface area contributed by atoms with Gasteiger partial charge in [0.1, 0.15) is 5.75 Å². The van der Waals surface area contributed by atoms with Crippen LogP contribution in [-0.2, 0) is 6.42 Å². The Morgan fingerprint density at radius 3 is 2.53 bits per heavy atom. The maximum atomic E-state index is 6.20. The number of ether oxygens (including phenoxy) is 1. The van der Waals surface area contributed by atoms with Crippen LogP contribution in [0.2, 0.25) is 0 Å². The average molecular weight is 228 g/mol. The molecule has 84 valence electrons. The molecule has 0 radical (unpaired) electrons. The maximum absolute atomic E-state index is 6.20. The Balaban J connectivity index is 0.00000112. The fraction of sp³-hybridized carbons (Fsp3) is 0.500. The molecule has 0 bridgehead atoms. The first-order valence-electron chi connectivity index (χ1n) is 5.14. The lowest BCUT2D eigenvalue weighted by molar-refractivity contribution is 0.245. The van der Waals surface area contributed by atoms with Crippen molar-refractivity contribution in [1.29, 1.82) is 0 Å². The second-order valence-corrected chi connectivity index (χ2v) is 4.20. The minimum absolute atomic E-state index is 0. The normalized spacial score (nSPS) is 17.5. The predicted molar refractivity (Wildman–Crippen MR) is 64.7 cm³/mol. The molecule has 0 atom stereocenters. The molecule has 0 saturated heterocycles. The van der Waals surface area contributed by atoms with Crippen LogP contribution in [0.25, 0.3) is 0 Å². The fourth-order valence-electron chi connectivity index (χ4n) is 2.04. The lowest BCUT2D eigenvalue weighted by Crippen LogP contribution is -2.48. The second kappa shape index (κ2) is 4.86. The van der Waals surface area contributed by atoms with Crippen LogP contribution in [0.5, 0.6) is 5.75 Å². The summed E-state index contributed by atoms with van der Waals surface area (Å²) in [4.78, 5) is 0. The predicted octanol–water partition coefficient (Wildman–Crippen LogP) is 2.54. The van der Waals surface area contributed by atoms with Crippen molar-refractivity contribution in [2.24, 2.45) is 5.73 Å². The lowest BCUT2D eigenvalue weighted by Gasteiger charge is -2.38. The number of para-hydroxylation sites is 1. The molecular weight excluding hydrogens is 210 g/mol. The number of benzene rings is 1. The van der Waals surface area contributed by atoms with E-state index in [0.717, 1.165) is 25.0 Å². The van der Waals surface area contributed by atoms with E-state index >= 15 is 0 Å². The fourth-order valence-corrected chi connectivity index (χ4v) is 2.04. The van der Waals surface area contributed by atoms with Gasteiger partial charge in [0.15, 0.2) is 0 Å². The summed E-state index contributed by atoms with van der Waals surface area (Å²) in [5, 5.41) is 0. The topological polar surface area (TPSA) is 35.2 Å². The first-order valence-corrected chi connectivity index (χ1v) is 5.14. The Labute approximate surface area is 97.2 Å². The van der Waals surface area contributed by atoms with Crippen LogP contribution in [0.3, 0.4) is 0 Å². The van der Waals surface area contributed by atoms with Crippen LogP contribution >= 0.6 is 12.4 Å². The summed E-state index contributed by atoms with van der Waals surface area (Å²) in [6.45, 7) is 0. The van der Waals surface area contributed by atoms with Crippen molar-refractivity contribution in [3.63, 3.8) is 0 Å². The molecule has 2 rings (SSSR count). The van der Waals surface area contributed by atoms with Crippen molar-refractivity contribution in [2.45, 2.75) is 31.2 Å². The second-order valence-electron chi connectivity index (χ2n) is 4.20. The highest BCUT2D eigenvalue weighted by molar-refractivity contribution is 5.85. The van der Waals surface area contributed by atoms with E-state index in [2.05, 4.69) is 6.07 Å². The molecule has 3 heteroatoms. The molecule has 0 aliphatic heterocycles. The van der Waals surface area contributed by atoms with E-state index in [1.807, 2.05) is 18.2 Å². The largest absolute Gasteiger partial charge is 0.496 e. The van der Waals surface area contributed by atoms with Crippen LogP contribution in [0.1, 0.15) is 24.8 Å². The lowest BCUT2D eigenvalue weighted by atomic mass is 9.73. The van der Waals surface area contributed by atoms with Gasteiger partial charge in [-0.25, -0.2) is 0 Å². The van der Waals surface area contributed by atoms with E-state index in [0.29, 0.717) is 0 Å². The van der Waals surface area contributed by atoms with Crippen molar-refractivity contribution in [3.8, 4) is 5.75 Å². The van der Waals surface area contributed by atoms with Gasteiger partial charge in [0, 0.05) is 5.54 Å². The first-order chi connectivity index (χ1) is 6.73. The molecule has 0 aromatic heterocycles. The molecule has 2 N–H and O–H groups in total. The summed E-state index contributed by atoms with van der Waals surface area (Å²) >= 11 is 0. The summed E-state index contributed by atoms with van der Waals surface area (Å²) in [7, 11) is 1.71. The zero-order chi connectivity index (χ0) is 10.0.